The third kappa shape index (κ3) is 5.03. The summed E-state index contributed by atoms with van der Waals surface area (Å²) in [5, 5.41) is 8.17. The van der Waals surface area contributed by atoms with Crippen LogP contribution in [0.5, 0.6) is 0 Å². The molecule has 0 aromatic heterocycles. The summed E-state index contributed by atoms with van der Waals surface area (Å²) in [6.45, 7) is -0.517. The lowest BCUT2D eigenvalue weighted by molar-refractivity contribution is -0.160. The van der Waals surface area contributed by atoms with E-state index in [1.807, 2.05) is 0 Å². The van der Waals surface area contributed by atoms with Gasteiger partial charge in [-0.25, -0.2) is 14.0 Å². The first-order valence-electron chi connectivity index (χ1n) is 3.95. The van der Waals surface area contributed by atoms with Crippen LogP contribution >= 0.6 is 0 Å². The molecule has 0 aromatic carbocycles. The first kappa shape index (κ1) is 13.5. The first-order valence-corrected chi connectivity index (χ1v) is 3.95. The van der Waals surface area contributed by atoms with E-state index in [0.29, 0.717) is 0 Å². The Kier molecular flexibility index (Phi) is 5.42. The van der Waals surface area contributed by atoms with Crippen molar-refractivity contribution >= 4 is 17.9 Å². The maximum Gasteiger partial charge on any atom is 0.338 e. The van der Waals surface area contributed by atoms with Gasteiger partial charge in [-0.2, -0.15) is 0 Å². The molecule has 0 aromatic rings. The maximum atomic E-state index is 12.6. The molecule has 15 heavy (non-hydrogen) atoms. The van der Waals surface area contributed by atoms with Crippen molar-refractivity contribution in [2.75, 3.05) is 6.54 Å². The number of carbonyl (C=O) groups is 3. The Balaban J connectivity index is 4.10. The van der Waals surface area contributed by atoms with E-state index in [0.717, 1.165) is 0 Å². The molecule has 0 fully saturated rings. The van der Waals surface area contributed by atoms with Crippen molar-refractivity contribution in [1.82, 2.24) is 0 Å². The molecule has 0 spiro atoms. The fourth-order valence-corrected chi connectivity index (χ4v) is 0.650. The van der Waals surface area contributed by atoms with Crippen molar-refractivity contribution in [2.45, 2.75) is 18.6 Å². The van der Waals surface area contributed by atoms with Crippen LogP contribution in [0, 0.1) is 0 Å². The zero-order chi connectivity index (χ0) is 12.0. The van der Waals surface area contributed by atoms with Crippen LogP contribution in [0.3, 0.4) is 0 Å². The van der Waals surface area contributed by atoms with Crippen LogP contribution in [0.1, 0.15) is 6.42 Å². The monoisotopic (exact) mass is 222 g/mol. The van der Waals surface area contributed by atoms with Crippen LogP contribution in [0.25, 0.3) is 0 Å². The van der Waals surface area contributed by atoms with Crippen molar-refractivity contribution in [3.05, 3.63) is 0 Å². The molecular formula is C7H11FN2O5. The number of carboxylic acid groups (broad SMARTS) is 1. The number of ether oxygens (including phenoxy) is 1. The fraction of sp³-hybridized carbons (Fsp3) is 0.571. The summed E-state index contributed by atoms with van der Waals surface area (Å²) >= 11 is 0. The average Bonchev–Trinajstić information content (AvgIpc) is 2.16. The number of carboxylic acids is 1. The Bertz CT molecular complexity index is 270. The normalized spacial score (nSPS) is 14.1. The van der Waals surface area contributed by atoms with Gasteiger partial charge in [-0.3, -0.25) is 4.79 Å². The number of hydrogen-bond acceptors (Lipinski definition) is 6. The Morgan fingerprint density at radius 2 is 1.93 bits per heavy atom. The highest BCUT2D eigenvalue weighted by Gasteiger charge is 2.26. The fourth-order valence-electron chi connectivity index (χ4n) is 0.650. The lowest BCUT2D eigenvalue weighted by atomic mass is 10.1. The first-order chi connectivity index (χ1) is 6.88. The zero-order valence-corrected chi connectivity index (χ0v) is 7.68. The highest BCUT2D eigenvalue weighted by Crippen LogP contribution is 2.03. The van der Waals surface area contributed by atoms with Crippen molar-refractivity contribution < 1.29 is 28.6 Å². The van der Waals surface area contributed by atoms with E-state index in [1.54, 1.807) is 0 Å². The van der Waals surface area contributed by atoms with Crippen LogP contribution in [0.4, 0.5) is 4.39 Å². The second-order valence-corrected chi connectivity index (χ2v) is 2.65. The molecule has 0 aliphatic carbocycles. The average molecular weight is 222 g/mol. The summed E-state index contributed by atoms with van der Waals surface area (Å²) in [5.41, 5.74) is 9.92. The van der Waals surface area contributed by atoms with E-state index in [2.05, 4.69) is 4.74 Å². The van der Waals surface area contributed by atoms with Crippen molar-refractivity contribution in [3.63, 3.8) is 0 Å². The summed E-state index contributed by atoms with van der Waals surface area (Å²) in [5.74, 6) is -3.95. The highest BCUT2D eigenvalue weighted by molar-refractivity contribution is 5.89. The molecule has 0 saturated carbocycles. The number of esters is 2. The molecule has 0 aliphatic heterocycles. The lowest BCUT2D eigenvalue weighted by Gasteiger charge is -2.10. The molecule has 0 radical (unpaired) electrons. The van der Waals surface area contributed by atoms with E-state index in [-0.39, 0.29) is 0 Å². The molecular weight excluding hydrogens is 211 g/mol. The Labute approximate surface area is 84.2 Å². The number of hydrogen-bond donors (Lipinski definition) is 3. The van der Waals surface area contributed by atoms with Gasteiger partial charge in [0, 0.05) is 6.42 Å². The molecule has 0 rings (SSSR count). The maximum absolute atomic E-state index is 12.6. The van der Waals surface area contributed by atoms with Gasteiger partial charge in [0.25, 0.3) is 0 Å². The van der Waals surface area contributed by atoms with Crippen LogP contribution in [0.15, 0.2) is 0 Å². The van der Waals surface area contributed by atoms with Crippen LogP contribution in [-0.4, -0.2) is 41.8 Å². The minimum absolute atomic E-state index is 0.517. The van der Waals surface area contributed by atoms with Crippen molar-refractivity contribution in [1.29, 1.82) is 0 Å². The number of carbonyl (C=O) groups excluding carboxylic acids is 2. The van der Waals surface area contributed by atoms with E-state index < -0.39 is 43.1 Å². The molecule has 7 nitrogen and oxygen atoms in total. The van der Waals surface area contributed by atoms with Gasteiger partial charge in [0.1, 0.15) is 6.04 Å². The second kappa shape index (κ2) is 6.04. The Morgan fingerprint density at radius 3 is 2.33 bits per heavy atom. The standard InChI is InChI=1S/C7H11FN2O5/c8-3(6(12)13)1-4(10)7(14)15-5(11)2-9/h3-4H,1-2,9-10H2,(H,12,13)/t3?,4-/m0/s1. The molecule has 1 unspecified atom stereocenters. The van der Waals surface area contributed by atoms with Gasteiger partial charge in [-0.1, -0.05) is 0 Å². The summed E-state index contributed by atoms with van der Waals surface area (Å²) in [4.78, 5) is 31.5. The number of aliphatic carboxylic acids is 1. The Hall–Kier alpha value is -1.54. The minimum Gasteiger partial charge on any atom is -0.479 e. The number of rotatable bonds is 5. The molecule has 0 saturated heterocycles. The van der Waals surface area contributed by atoms with Crippen LogP contribution in [-0.2, 0) is 19.1 Å². The van der Waals surface area contributed by atoms with Crippen molar-refractivity contribution in [3.8, 4) is 0 Å². The summed E-state index contributed by atoms with van der Waals surface area (Å²) in [6, 6.07) is -1.51. The van der Waals surface area contributed by atoms with Gasteiger partial charge in [-0.15, -0.1) is 0 Å². The van der Waals surface area contributed by atoms with Gasteiger partial charge in [-0.05, 0) is 0 Å². The third-order valence-electron chi connectivity index (χ3n) is 1.41. The second-order valence-electron chi connectivity index (χ2n) is 2.65. The van der Waals surface area contributed by atoms with E-state index in [9.17, 15) is 18.8 Å². The largest absolute Gasteiger partial charge is 0.479 e. The molecule has 0 heterocycles. The summed E-state index contributed by atoms with van der Waals surface area (Å²) < 4.78 is 16.6. The number of nitrogens with two attached hydrogens (primary N) is 2. The zero-order valence-electron chi connectivity index (χ0n) is 7.68. The van der Waals surface area contributed by atoms with E-state index in [1.165, 1.54) is 0 Å². The number of halogens is 1. The quantitative estimate of drug-likeness (QED) is 0.367. The van der Waals surface area contributed by atoms with Crippen LogP contribution < -0.4 is 11.5 Å². The molecule has 86 valence electrons. The molecule has 0 bridgehead atoms. The van der Waals surface area contributed by atoms with Gasteiger partial charge in [0.05, 0.1) is 6.54 Å². The summed E-state index contributed by atoms with van der Waals surface area (Å²) in [7, 11) is 0. The predicted molar refractivity (Wildman–Crippen MR) is 45.3 cm³/mol. The minimum atomic E-state index is -2.28. The van der Waals surface area contributed by atoms with E-state index >= 15 is 0 Å². The molecule has 8 heteroatoms. The van der Waals surface area contributed by atoms with Crippen molar-refractivity contribution in [2.24, 2.45) is 11.5 Å². The van der Waals surface area contributed by atoms with Crippen LogP contribution in [0.2, 0.25) is 0 Å². The van der Waals surface area contributed by atoms with Gasteiger partial charge < -0.3 is 21.3 Å². The third-order valence-corrected chi connectivity index (χ3v) is 1.41. The SMILES string of the molecule is NCC(=O)OC(=O)[C@@H](N)CC(F)C(=O)O. The smallest absolute Gasteiger partial charge is 0.338 e. The highest BCUT2D eigenvalue weighted by atomic mass is 19.1. The predicted octanol–water partition coefficient (Wildman–Crippen LogP) is -1.84. The lowest BCUT2D eigenvalue weighted by Crippen LogP contribution is -2.38. The topological polar surface area (TPSA) is 133 Å². The van der Waals surface area contributed by atoms with Gasteiger partial charge in [0.15, 0.2) is 6.17 Å². The molecule has 0 aliphatic rings. The molecule has 5 N–H and O–H groups in total. The van der Waals surface area contributed by atoms with E-state index in [4.69, 9.17) is 16.6 Å². The molecule has 0 amide bonds. The van der Waals surface area contributed by atoms with Gasteiger partial charge in [0.2, 0.25) is 0 Å². The van der Waals surface area contributed by atoms with Gasteiger partial charge >= 0.3 is 17.9 Å². The Morgan fingerprint density at radius 1 is 1.40 bits per heavy atom. The summed E-state index contributed by atoms with van der Waals surface area (Å²) in [6.07, 6.45) is -3.04. The number of alkyl halides is 1. The molecule has 2 atom stereocenters.